The zero-order valence-corrected chi connectivity index (χ0v) is 8.40. The van der Waals surface area contributed by atoms with Gasteiger partial charge in [0.1, 0.15) is 0 Å². The molecule has 1 aromatic rings. The molecule has 0 aliphatic carbocycles. The number of aliphatic hydroxyl groups excluding tert-OH is 1. The van der Waals surface area contributed by atoms with Gasteiger partial charge in [-0.2, -0.15) is 8.42 Å². The van der Waals surface area contributed by atoms with Gasteiger partial charge in [0, 0.05) is 18.8 Å². The summed E-state index contributed by atoms with van der Waals surface area (Å²) in [5, 5.41) is 9.01. The monoisotopic (exact) mass is 238 g/mol. The van der Waals surface area contributed by atoms with E-state index in [0.29, 0.717) is 5.56 Å². The van der Waals surface area contributed by atoms with Crippen molar-refractivity contribution in [3.63, 3.8) is 0 Å². The van der Waals surface area contributed by atoms with E-state index in [0.717, 1.165) is 0 Å². The lowest BCUT2D eigenvalue weighted by Crippen LogP contribution is -2.22. The molecule has 0 amide bonds. The van der Waals surface area contributed by atoms with E-state index in [2.05, 4.69) is 9.97 Å². The summed E-state index contributed by atoms with van der Waals surface area (Å²) in [5.41, 5.74) is -1.51. The van der Waals surface area contributed by atoms with Gasteiger partial charge in [-0.25, -0.2) is 9.97 Å². The van der Waals surface area contributed by atoms with Crippen molar-refractivity contribution in [2.75, 3.05) is 0 Å². The Morgan fingerprint density at radius 3 is 2.36 bits per heavy atom. The Bertz CT molecular complexity index is 404. The summed E-state index contributed by atoms with van der Waals surface area (Å²) in [6.45, 7) is 0. The van der Waals surface area contributed by atoms with E-state index in [1.807, 2.05) is 0 Å². The number of hydrogen-bond donors (Lipinski definition) is 2. The lowest BCUT2D eigenvalue weighted by Gasteiger charge is -2.05. The molecule has 1 atom stereocenters. The van der Waals surface area contributed by atoms with Crippen molar-refractivity contribution in [1.82, 2.24) is 9.97 Å². The molecule has 0 saturated heterocycles. The zero-order valence-electron chi connectivity index (χ0n) is 6.83. The SMILES string of the molecule is O=S(=O)(O)C(O)Cc1cnc(Cl)nc1. The van der Waals surface area contributed by atoms with E-state index in [9.17, 15) is 8.42 Å². The topological polar surface area (TPSA) is 100 Å². The quantitative estimate of drug-likeness (QED) is 0.562. The average molecular weight is 239 g/mol. The highest BCUT2D eigenvalue weighted by atomic mass is 35.5. The zero-order chi connectivity index (χ0) is 10.8. The van der Waals surface area contributed by atoms with Gasteiger partial charge in [-0.15, -0.1) is 0 Å². The summed E-state index contributed by atoms with van der Waals surface area (Å²) in [6, 6.07) is 0. The lowest BCUT2D eigenvalue weighted by molar-refractivity contribution is 0.233. The fraction of sp³-hybridized carbons (Fsp3) is 0.333. The van der Waals surface area contributed by atoms with Crippen LogP contribution >= 0.6 is 11.6 Å². The Hall–Kier alpha value is -0.760. The van der Waals surface area contributed by atoms with Crippen LogP contribution in [0.2, 0.25) is 5.28 Å². The van der Waals surface area contributed by atoms with Gasteiger partial charge in [0.05, 0.1) is 0 Å². The summed E-state index contributed by atoms with van der Waals surface area (Å²) < 4.78 is 29.3. The first-order valence-corrected chi connectivity index (χ1v) is 5.38. The molecule has 0 aliphatic rings. The maximum atomic E-state index is 10.4. The molecule has 6 nitrogen and oxygen atoms in total. The van der Waals surface area contributed by atoms with Gasteiger partial charge in [-0.3, -0.25) is 4.55 Å². The van der Waals surface area contributed by atoms with Gasteiger partial charge < -0.3 is 5.11 Å². The molecule has 1 unspecified atom stereocenters. The van der Waals surface area contributed by atoms with Crippen LogP contribution in [-0.4, -0.2) is 33.5 Å². The van der Waals surface area contributed by atoms with Crippen molar-refractivity contribution in [2.45, 2.75) is 11.9 Å². The number of aromatic nitrogens is 2. The van der Waals surface area contributed by atoms with Crippen LogP contribution in [0.3, 0.4) is 0 Å². The van der Waals surface area contributed by atoms with Crippen molar-refractivity contribution >= 4 is 21.7 Å². The molecule has 1 rings (SSSR count). The molecule has 1 heterocycles. The lowest BCUT2D eigenvalue weighted by atomic mass is 10.2. The number of rotatable bonds is 3. The van der Waals surface area contributed by atoms with Gasteiger partial charge in [0.2, 0.25) is 5.28 Å². The van der Waals surface area contributed by atoms with Crippen LogP contribution in [0.25, 0.3) is 0 Å². The molecule has 78 valence electrons. The summed E-state index contributed by atoms with van der Waals surface area (Å²) in [6.07, 6.45) is 2.25. The fourth-order valence-electron chi connectivity index (χ4n) is 0.751. The molecule has 8 heteroatoms. The highest BCUT2D eigenvalue weighted by Crippen LogP contribution is 2.06. The Labute approximate surface area is 85.3 Å². The minimum atomic E-state index is -4.44. The van der Waals surface area contributed by atoms with Crippen LogP contribution < -0.4 is 0 Å². The summed E-state index contributed by atoms with van der Waals surface area (Å²) in [7, 11) is -4.44. The van der Waals surface area contributed by atoms with Crippen molar-refractivity contribution in [3.05, 3.63) is 23.2 Å². The molecular formula is C6H7ClN2O4S. The maximum Gasteiger partial charge on any atom is 0.292 e. The number of aliphatic hydroxyl groups is 1. The van der Waals surface area contributed by atoms with Gasteiger partial charge in [-0.05, 0) is 17.2 Å². The molecule has 14 heavy (non-hydrogen) atoms. The second kappa shape index (κ2) is 4.18. The highest BCUT2D eigenvalue weighted by Gasteiger charge is 2.19. The molecule has 0 spiro atoms. The molecule has 0 saturated carbocycles. The van der Waals surface area contributed by atoms with Crippen molar-refractivity contribution in [3.8, 4) is 0 Å². The maximum absolute atomic E-state index is 10.4. The Morgan fingerprint density at radius 2 is 1.93 bits per heavy atom. The number of hydrogen-bond acceptors (Lipinski definition) is 5. The summed E-state index contributed by atoms with van der Waals surface area (Å²) in [5.74, 6) is 0. The molecule has 0 aromatic carbocycles. The molecule has 0 bridgehead atoms. The van der Waals surface area contributed by atoms with Crippen molar-refractivity contribution in [2.24, 2.45) is 0 Å². The van der Waals surface area contributed by atoms with Crippen molar-refractivity contribution in [1.29, 1.82) is 0 Å². The van der Waals surface area contributed by atoms with Crippen LogP contribution in [0.15, 0.2) is 12.4 Å². The fourth-order valence-corrected chi connectivity index (χ4v) is 1.25. The average Bonchev–Trinajstić information content (AvgIpc) is 2.07. The molecular weight excluding hydrogens is 232 g/mol. The Morgan fingerprint density at radius 1 is 1.43 bits per heavy atom. The number of nitrogens with zero attached hydrogens (tertiary/aromatic N) is 2. The van der Waals surface area contributed by atoms with E-state index in [-0.39, 0.29) is 11.7 Å². The molecule has 1 aromatic heterocycles. The highest BCUT2D eigenvalue weighted by molar-refractivity contribution is 7.86. The van der Waals surface area contributed by atoms with Gasteiger partial charge in [0.25, 0.3) is 10.1 Å². The summed E-state index contributed by atoms with van der Waals surface area (Å²) >= 11 is 5.39. The minimum Gasteiger partial charge on any atom is -0.375 e. The van der Waals surface area contributed by atoms with Crippen LogP contribution in [0.1, 0.15) is 5.56 Å². The Kier molecular flexibility index (Phi) is 3.38. The molecule has 0 aliphatic heterocycles. The first kappa shape index (κ1) is 11.3. The predicted octanol–water partition coefficient (Wildman–Crippen LogP) is -0.121. The van der Waals surface area contributed by atoms with E-state index >= 15 is 0 Å². The molecule has 0 radical (unpaired) electrons. The molecule has 2 N–H and O–H groups in total. The smallest absolute Gasteiger partial charge is 0.292 e. The van der Waals surface area contributed by atoms with E-state index in [1.54, 1.807) is 0 Å². The van der Waals surface area contributed by atoms with Crippen molar-refractivity contribution < 1.29 is 18.1 Å². The Balaban J connectivity index is 2.75. The van der Waals surface area contributed by atoms with E-state index < -0.39 is 15.6 Å². The third-order valence-electron chi connectivity index (χ3n) is 1.43. The van der Waals surface area contributed by atoms with Gasteiger partial charge >= 0.3 is 0 Å². The largest absolute Gasteiger partial charge is 0.375 e. The standard InChI is InChI=1S/C6H7ClN2O4S/c7-6-8-2-4(3-9-6)1-5(10)14(11,12)13/h2-3,5,10H,1H2,(H,11,12,13). The minimum absolute atomic E-state index is 0.0232. The van der Waals surface area contributed by atoms with E-state index in [4.69, 9.17) is 21.3 Å². The predicted molar refractivity (Wildman–Crippen MR) is 48.3 cm³/mol. The van der Waals surface area contributed by atoms with Crippen LogP contribution in [0.5, 0.6) is 0 Å². The van der Waals surface area contributed by atoms with Crippen LogP contribution in [0, 0.1) is 0 Å². The first-order valence-electron chi connectivity index (χ1n) is 3.50. The normalized spacial score (nSPS) is 13.9. The second-order valence-electron chi connectivity index (χ2n) is 2.53. The van der Waals surface area contributed by atoms with Gasteiger partial charge in [-0.1, -0.05) is 0 Å². The second-order valence-corrected chi connectivity index (χ2v) is 4.45. The van der Waals surface area contributed by atoms with Gasteiger partial charge in [0.15, 0.2) is 5.44 Å². The third kappa shape index (κ3) is 3.18. The number of halogens is 1. The summed E-state index contributed by atoms with van der Waals surface area (Å²) in [4.78, 5) is 7.16. The van der Waals surface area contributed by atoms with E-state index in [1.165, 1.54) is 12.4 Å². The van der Waals surface area contributed by atoms with Crippen LogP contribution in [-0.2, 0) is 16.5 Å². The first-order chi connectivity index (χ1) is 6.39. The van der Waals surface area contributed by atoms with Crippen LogP contribution in [0.4, 0.5) is 0 Å². The molecule has 0 fully saturated rings. The third-order valence-corrected chi connectivity index (χ3v) is 2.48.